The van der Waals surface area contributed by atoms with Gasteiger partial charge in [0.05, 0.1) is 23.9 Å². The molecular formula is C14H20FN3O2. The minimum Gasteiger partial charge on any atom is -0.379 e. The monoisotopic (exact) mass is 281 g/mol. The number of aromatic nitrogens is 1. The van der Waals surface area contributed by atoms with Crippen LogP contribution in [-0.4, -0.2) is 36.2 Å². The second-order valence-electron chi connectivity index (χ2n) is 5.29. The summed E-state index contributed by atoms with van der Waals surface area (Å²) < 4.78 is 18.6. The van der Waals surface area contributed by atoms with Gasteiger partial charge in [0.15, 0.2) is 0 Å². The molecule has 1 aromatic rings. The van der Waals surface area contributed by atoms with E-state index in [9.17, 15) is 9.18 Å². The third kappa shape index (κ3) is 3.45. The van der Waals surface area contributed by atoms with Crippen molar-refractivity contribution < 1.29 is 13.9 Å². The van der Waals surface area contributed by atoms with Crippen molar-refractivity contribution in [2.24, 2.45) is 0 Å². The molecule has 1 fully saturated rings. The van der Waals surface area contributed by atoms with Gasteiger partial charge in [-0.3, -0.25) is 4.79 Å². The fraction of sp³-hybridized carbons (Fsp3) is 0.571. The van der Waals surface area contributed by atoms with Crippen LogP contribution in [-0.2, 0) is 4.74 Å². The Morgan fingerprint density at radius 3 is 3.05 bits per heavy atom. The highest BCUT2D eigenvalue weighted by Gasteiger charge is 2.32. The highest BCUT2D eigenvalue weighted by molar-refractivity contribution is 5.99. The minimum absolute atomic E-state index is 0.228. The van der Waals surface area contributed by atoms with Crippen molar-refractivity contribution in [3.8, 4) is 0 Å². The molecule has 0 aromatic carbocycles. The van der Waals surface area contributed by atoms with E-state index in [1.807, 2.05) is 13.8 Å². The van der Waals surface area contributed by atoms with Gasteiger partial charge in [-0.2, -0.15) is 0 Å². The lowest BCUT2D eigenvalue weighted by molar-refractivity contribution is 0.0890. The number of carbonyl (C=O) groups excluding carboxylic acids is 1. The number of nitrogens with one attached hydrogen (secondary N) is 2. The van der Waals surface area contributed by atoms with Crippen LogP contribution < -0.4 is 10.6 Å². The number of anilines is 1. The zero-order chi connectivity index (χ0) is 14.6. The number of rotatable bonds is 5. The maximum Gasteiger partial charge on any atom is 0.255 e. The quantitative estimate of drug-likeness (QED) is 0.866. The summed E-state index contributed by atoms with van der Waals surface area (Å²) in [5, 5.41) is 5.94. The largest absolute Gasteiger partial charge is 0.379 e. The zero-order valence-corrected chi connectivity index (χ0v) is 11.8. The van der Waals surface area contributed by atoms with E-state index in [-0.39, 0.29) is 11.5 Å². The van der Waals surface area contributed by atoms with Gasteiger partial charge < -0.3 is 15.4 Å². The molecule has 5 nitrogen and oxygen atoms in total. The van der Waals surface area contributed by atoms with Gasteiger partial charge in [0.1, 0.15) is 11.6 Å². The van der Waals surface area contributed by atoms with Crippen LogP contribution >= 0.6 is 0 Å². The van der Waals surface area contributed by atoms with Gasteiger partial charge in [-0.15, -0.1) is 0 Å². The number of halogens is 1. The molecule has 0 spiro atoms. The lowest BCUT2D eigenvalue weighted by atomic mass is 10.0. The highest BCUT2D eigenvalue weighted by Crippen LogP contribution is 2.20. The average molecular weight is 281 g/mol. The topological polar surface area (TPSA) is 63.2 Å². The summed E-state index contributed by atoms with van der Waals surface area (Å²) in [6.07, 6.45) is 2.75. The van der Waals surface area contributed by atoms with E-state index in [2.05, 4.69) is 15.6 Å². The predicted molar refractivity (Wildman–Crippen MR) is 74.3 cm³/mol. The molecule has 1 atom stereocenters. The fourth-order valence-corrected chi connectivity index (χ4v) is 2.10. The molecule has 1 unspecified atom stereocenters. The van der Waals surface area contributed by atoms with Crippen LogP contribution in [0.15, 0.2) is 12.3 Å². The standard InChI is InChI=1S/C14H20FN3O2/c1-3-5-16-12-11(7-10(15)8-17-12)13(19)18-14(2)4-6-20-9-14/h7-8H,3-6,9H2,1-2H3,(H,16,17)(H,18,19). The Labute approximate surface area is 117 Å². The van der Waals surface area contributed by atoms with Crippen molar-refractivity contribution in [3.63, 3.8) is 0 Å². The molecule has 110 valence electrons. The van der Waals surface area contributed by atoms with Crippen molar-refractivity contribution >= 4 is 11.7 Å². The first-order valence-electron chi connectivity index (χ1n) is 6.84. The molecule has 1 saturated heterocycles. The van der Waals surface area contributed by atoms with E-state index in [4.69, 9.17) is 4.74 Å². The lowest BCUT2D eigenvalue weighted by Gasteiger charge is -2.24. The summed E-state index contributed by atoms with van der Waals surface area (Å²) in [6.45, 7) is 5.70. The second kappa shape index (κ2) is 6.17. The molecule has 1 amide bonds. The SMILES string of the molecule is CCCNc1ncc(F)cc1C(=O)NC1(C)CCOC1. The first-order valence-corrected chi connectivity index (χ1v) is 6.84. The molecule has 1 aromatic heterocycles. The molecule has 1 aliphatic heterocycles. The lowest BCUT2D eigenvalue weighted by Crippen LogP contribution is -2.46. The third-order valence-electron chi connectivity index (χ3n) is 3.28. The Bertz CT molecular complexity index is 487. The predicted octanol–water partition coefficient (Wildman–Crippen LogP) is 1.95. The zero-order valence-electron chi connectivity index (χ0n) is 11.8. The molecule has 6 heteroatoms. The molecule has 0 aliphatic carbocycles. The molecule has 0 bridgehead atoms. The number of hydrogen-bond acceptors (Lipinski definition) is 4. The molecule has 20 heavy (non-hydrogen) atoms. The summed E-state index contributed by atoms with van der Waals surface area (Å²) in [5.74, 6) is -0.443. The fourth-order valence-electron chi connectivity index (χ4n) is 2.10. The Balaban J connectivity index is 2.17. The Morgan fingerprint density at radius 2 is 2.40 bits per heavy atom. The number of pyridine rings is 1. The molecule has 2 rings (SSSR count). The minimum atomic E-state index is -0.523. The van der Waals surface area contributed by atoms with Crippen LogP contribution in [0.1, 0.15) is 37.0 Å². The van der Waals surface area contributed by atoms with Crippen molar-refractivity contribution in [1.29, 1.82) is 0 Å². The van der Waals surface area contributed by atoms with Crippen molar-refractivity contribution in [3.05, 3.63) is 23.6 Å². The first-order chi connectivity index (χ1) is 9.54. The van der Waals surface area contributed by atoms with Gasteiger partial charge in [-0.25, -0.2) is 9.37 Å². The second-order valence-corrected chi connectivity index (χ2v) is 5.29. The normalized spacial score (nSPS) is 21.8. The number of nitrogens with zero attached hydrogens (tertiary/aromatic N) is 1. The summed E-state index contributed by atoms with van der Waals surface area (Å²) in [5.41, 5.74) is -0.169. The molecular weight excluding hydrogens is 261 g/mol. The van der Waals surface area contributed by atoms with Gasteiger partial charge in [-0.05, 0) is 25.8 Å². The van der Waals surface area contributed by atoms with Gasteiger partial charge in [-0.1, -0.05) is 6.92 Å². The van der Waals surface area contributed by atoms with E-state index in [1.165, 1.54) is 6.07 Å². The number of hydrogen-bond donors (Lipinski definition) is 2. The van der Waals surface area contributed by atoms with Gasteiger partial charge in [0.25, 0.3) is 5.91 Å². The van der Waals surface area contributed by atoms with Crippen molar-refractivity contribution in [1.82, 2.24) is 10.3 Å². The molecule has 2 N–H and O–H groups in total. The van der Waals surface area contributed by atoms with Crippen LogP contribution in [0.2, 0.25) is 0 Å². The van der Waals surface area contributed by atoms with Crippen molar-refractivity contribution in [2.45, 2.75) is 32.2 Å². The number of carbonyl (C=O) groups is 1. The molecule has 0 saturated carbocycles. The number of ether oxygens (including phenoxy) is 1. The maximum absolute atomic E-state index is 13.3. The van der Waals surface area contributed by atoms with Gasteiger partial charge in [0, 0.05) is 13.2 Å². The van der Waals surface area contributed by atoms with E-state index in [1.54, 1.807) is 0 Å². The first kappa shape index (κ1) is 14.7. The Kier molecular flexibility index (Phi) is 4.54. The van der Waals surface area contributed by atoms with Crippen LogP contribution in [0, 0.1) is 5.82 Å². The smallest absolute Gasteiger partial charge is 0.255 e. The highest BCUT2D eigenvalue weighted by atomic mass is 19.1. The van der Waals surface area contributed by atoms with E-state index in [0.29, 0.717) is 25.6 Å². The number of amides is 1. The van der Waals surface area contributed by atoms with Gasteiger partial charge in [0.2, 0.25) is 0 Å². The summed E-state index contributed by atoms with van der Waals surface area (Å²) in [6, 6.07) is 1.21. The summed E-state index contributed by atoms with van der Waals surface area (Å²) in [7, 11) is 0. The maximum atomic E-state index is 13.3. The van der Waals surface area contributed by atoms with Crippen LogP contribution in [0.5, 0.6) is 0 Å². The molecule has 2 heterocycles. The third-order valence-corrected chi connectivity index (χ3v) is 3.28. The Morgan fingerprint density at radius 1 is 1.60 bits per heavy atom. The summed E-state index contributed by atoms with van der Waals surface area (Å²) >= 11 is 0. The molecule has 1 aliphatic rings. The van der Waals surface area contributed by atoms with Crippen LogP contribution in [0.4, 0.5) is 10.2 Å². The van der Waals surface area contributed by atoms with E-state index >= 15 is 0 Å². The van der Waals surface area contributed by atoms with E-state index in [0.717, 1.165) is 19.0 Å². The average Bonchev–Trinajstić information content (AvgIpc) is 2.83. The van der Waals surface area contributed by atoms with Crippen molar-refractivity contribution in [2.75, 3.05) is 25.1 Å². The van der Waals surface area contributed by atoms with Gasteiger partial charge >= 0.3 is 0 Å². The summed E-state index contributed by atoms with van der Waals surface area (Å²) in [4.78, 5) is 16.3. The van der Waals surface area contributed by atoms with Crippen LogP contribution in [0.25, 0.3) is 0 Å². The van der Waals surface area contributed by atoms with E-state index < -0.39 is 11.4 Å². The Hall–Kier alpha value is -1.69. The van der Waals surface area contributed by atoms with Crippen LogP contribution in [0.3, 0.4) is 0 Å². The molecule has 0 radical (unpaired) electrons.